The van der Waals surface area contributed by atoms with Crippen molar-refractivity contribution in [2.75, 3.05) is 0 Å². The van der Waals surface area contributed by atoms with Gasteiger partial charge in [-0.15, -0.1) is 0 Å². The van der Waals surface area contributed by atoms with Crippen LogP contribution in [0.15, 0.2) is 29.3 Å². The lowest BCUT2D eigenvalue weighted by molar-refractivity contribution is -0.136. The van der Waals surface area contributed by atoms with E-state index in [0.29, 0.717) is 34.7 Å². The second kappa shape index (κ2) is 6.25. The van der Waals surface area contributed by atoms with Crippen molar-refractivity contribution in [1.82, 2.24) is 5.32 Å². The maximum absolute atomic E-state index is 10.8. The van der Waals surface area contributed by atoms with E-state index in [9.17, 15) is 10.4 Å². The van der Waals surface area contributed by atoms with E-state index in [-0.39, 0.29) is 0 Å². The molecule has 0 amide bonds. The summed E-state index contributed by atoms with van der Waals surface area (Å²) in [5.74, 6) is 2.32. The Balaban J connectivity index is 1.59. The van der Waals surface area contributed by atoms with Crippen molar-refractivity contribution >= 4 is 17.4 Å². The molecule has 0 saturated heterocycles. The van der Waals surface area contributed by atoms with Gasteiger partial charge in [0.05, 0.1) is 5.60 Å². The second-order valence-electron chi connectivity index (χ2n) is 9.06. The van der Waals surface area contributed by atoms with Gasteiger partial charge in [-0.05, 0) is 81.4 Å². The molecule has 0 aliphatic heterocycles. The van der Waals surface area contributed by atoms with Crippen LogP contribution in [0, 0.1) is 29.2 Å². The Hall–Kier alpha value is -1.57. The third-order valence-electron chi connectivity index (χ3n) is 6.86. The number of benzene rings is 1. The molecule has 0 spiro atoms. The van der Waals surface area contributed by atoms with Gasteiger partial charge in [-0.3, -0.25) is 0 Å². The molecule has 5 rings (SSSR count). The summed E-state index contributed by atoms with van der Waals surface area (Å²) in [7, 11) is 0. The first-order valence-electron chi connectivity index (χ1n) is 9.53. The van der Waals surface area contributed by atoms with Crippen molar-refractivity contribution in [3.63, 3.8) is 0 Å². The van der Waals surface area contributed by atoms with E-state index >= 15 is 0 Å². The highest BCUT2D eigenvalue weighted by atomic mass is 35.5. The first-order chi connectivity index (χ1) is 12.3. The fourth-order valence-electron chi connectivity index (χ4n) is 5.78. The molecule has 0 heterocycles. The standard InChI is InChI=1S/C21H26ClN3O/c1-20(2,16-3-5-17(22)6-4-16)19(24-12-23)25-18-14-7-13-8-15(18)11-21(26,9-13)10-14/h3-6,13-15,18,26H,7-11H2,1-2H3,(H,24,25). The summed E-state index contributed by atoms with van der Waals surface area (Å²) in [5.41, 5.74) is 0.213. The molecule has 138 valence electrons. The third kappa shape index (κ3) is 3.02. The molecular formula is C21H26ClN3O. The normalized spacial score (nSPS) is 36.0. The van der Waals surface area contributed by atoms with Gasteiger partial charge in [0.15, 0.2) is 0 Å². The van der Waals surface area contributed by atoms with Crippen LogP contribution in [-0.2, 0) is 5.41 Å². The maximum Gasteiger partial charge on any atom is 0.207 e. The highest BCUT2D eigenvalue weighted by molar-refractivity contribution is 6.30. The highest BCUT2D eigenvalue weighted by Crippen LogP contribution is 2.55. The average Bonchev–Trinajstić information content (AvgIpc) is 2.56. The minimum atomic E-state index is -0.451. The van der Waals surface area contributed by atoms with Gasteiger partial charge in [0.25, 0.3) is 0 Å². The Labute approximate surface area is 160 Å². The van der Waals surface area contributed by atoms with Crippen LogP contribution in [0.25, 0.3) is 0 Å². The van der Waals surface area contributed by atoms with Crippen LogP contribution >= 0.6 is 11.6 Å². The molecule has 4 saturated carbocycles. The fourth-order valence-corrected chi connectivity index (χ4v) is 5.91. The molecule has 4 aliphatic carbocycles. The lowest BCUT2D eigenvalue weighted by Gasteiger charge is -2.58. The van der Waals surface area contributed by atoms with Crippen LogP contribution in [0.5, 0.6) is 0 Å². The Kier molecular flexibility index (Phi) is 4.28. The van der Waals surface area contributed by atoms with Gasteiger partial charge in [0.2, 0.25) is 6.19 Å². The van der Waals surface area contributed by atoms with E-state index in [1.54, 1.807) is 0 Å². The number of halogens is 1. The molecule has 4 nitrogen and oxygen atoms in total. The van der Waals surface area contributed by atoms with E-state index in [1.165, 1.54) is 12.8 Å². The average molecular weight is 372 g/mol. The fraction of sp³-hybridized carbons (Fsp3) is 0.619. The molecule has 0 aromatic heterocycles. The number of nitrogens with zero attached hydrogens (tertiary/aromatic N) is 2. The van der Waals surface area contributed by atoms with Gasteiger partial charge < -0.3 is 10.4 Å². The largest absolute Gasteiger partial charge is 0.390 e. The first-order valence-corrected chi connectivity index (χ1v) is 9.91. The first kappa shape index (κ1) is 17.8. The van der Waals surface area contributed by atoms with Gasteiger partial charge >= 0.3 is 0 Å². The predicted octanol–water partition coefficient (Wildman–Crippen LogP) is 4.03. The zero-order valence-corrected chi connectivity index (χ0v) is 16.1. The Morgan fingerprint density at radius 2 is 1.85 bits per heavy atom. The van der Waals surface area contributed by atoms with Crippen molar-refractivity contribution in [3.8, 4) is 6.19 Å². The second-order valence-corrected chi connectivity index (χ2v) is 9.49. The van der Waals surface area contributed by atoms with E-state index < -0.39 is 11.0 Å². The van der Waals surface area contributed by atoms with Crippen LogP contribution in [-0.4, -0.2) is 22.6 Å². The number of aliphatic imine (C=N–C) groups is 1. The quantitative estimate of drug-likeness (QED) is 0.479. The molecule has 2 atom stereocenters. The van der Waals surface area contributed by atoms with Crippen molar-refractivity contribution in [1.29, 1.82) is 5.26 Å². The Bertz CT molecular complexity index is 748. The van der Waals surface area contributed by atoms with Gasteiger partial charge in [-0.25, -0.2) is 0 Å². The SMILES string of the molecule is CC(C)(/C(=N/C#N)NC1C2CC3CC1CC(O)(C3)C2)c1ccc(Cl)cc1. The zero-order chi connectivity index (χ0) is 18.5. The predicted molar refractivity (Wildman–Crippen MR) is 103 cm³/mol. The summed E-state index contributed by atoms with van der Waals surface area (Å²) < 4.78 is 0. The molecule has 4 bridgehead atoms. The van der Waals surface area contributed by atoms with Crippen LogP contribution in [0.2, 0.25) is 5.02 Å². The van der Waals surface area contributed by atoms with Crippen LogP contribution < -0.4 is 5.32 Å². The van der Waals surface area contributed by atoms with Crippen molar-refractivity contribution < 1.29 is 5.11 Å². The molecule has 2 unspecified atom stereocenters. The number of nitrogens with one attached hydrogen (secondary N) is 1. The molecule has 0 radical (unpaired) electrons. The summed E-state index contributed by atoms with van der Waals surface area (Å²) in [6.45, 7) is 4.17. The van der Waals surface area contributed by atoms with E-state index in [0.717, 1.165) is 24.8 Å². The summed E-state index contributed by atoms with van der Waals surface area (Å²) >= 11 is 6.03. The van der Waals surface area contributed by atoms with Crippen LogP contribution in [0.4, 0.5) is 0 Å². The number of nitriles is 1. The Morgan fingerprint density at radius 1 is 1.23 bits per heavy atom. The number of rotatable bonds is 3. The summed E-state index contributed by atoms with van der Waals surface area (Å²) in [5, 5.41) is 24.4. The molecule has 1 aromatic carbocycles. The number of hydrogen-bond acceptors (Lipinski definition) is 3. The van der Waals surface area contributed by atoms with Gasteiger partial charge in [0, 0.05) is 16.5 Å². The molecule has 2 N–H and O–H groups in total. The zero-order valence-electron chi connectivity index (χ0n) is 15.4. The van der Waals surface area contributed by atoms with E-state index in [4.69, 9.17) is 11.6 Å². The molecule has 1 aromatic rings. The van der Waals surface area contributed by atoms with Crippen LogP contribution in [0.1, 0.15) is 51.5 Å². The molecule has 26 heavy (non-hydrogen) atoms. The lowest BCUT2D eigenvalue weighted by Crippen LogP contribution is -2.63. The Morgan fingerprint density at radius 3 is 2.38 bits per heavy atom. The monoisotopic (exact) mass is 371 g/mol. The maximum atomic E-state index is 10.8. The molecule has 4 aliphatic rings. The van der Waals surface area contributed by atoms with Crippen LogP contribution in [0.3, 0.4) is 0 Å². The topological polar surface area (TPSA) is 68.4 Å². The molecule has 4 fully saturated rings. The highest BCUT2D eigenvalue weighted by Gasteiger charge is 2.55. The summed E-state index contributed by atoms with van der Waals surface area (Å²) in [6.07, 6.45) is 7.06. The minimum absolute atomic E-state index is 0.297. The van der Waals surface area contributed by atoms with Crippen molar-refractivity contribution in [3.05, 3.63) is 34.9 Å². The van der Waals surface area contributed by atoms with Gasteiger partial charge in [-0.1, -0.05) is 23.7 Å². The summed E-state index contributed by atoms with van der Waals surface area (Å²) in [6, 6.07) is 8.04. The van der Waals surface area contributed by atoms with Crippen molar-refractivity contribution in [2.24, 2.45) is 22.7 Å². The van der Waals surface area contributed by atoms with Gasteiger partial charge in [-0.2, -0.15) is 10.3 Å². The van der Waals surface area contributed by atoms with E-state index in [1.807, 2.05) is 30.5 Å². The smallest absolute Gasteiger partial charge is 0.207 e. The summed E-state index contributed by atoms with van der Waals surface area (Å²) in [4.78, 5) is 4.18. The number of hydrogen-bond donors (Lipinski definition) is 2. The minimum Gasteiger partial charge on any atom is -0.390 e. The molecular weight excluding hydrogens is 346 g/mol. The van der Waals surface area contributed by atoms with E-state index in [2.05, 4.69) is 24.2 Å². The lowest BCUT2D eigenvalue weighted by atomic mass is 9.52. The number of amidine groups is 1. The van der Waals surface area contributed by atoms with Crippen molar-refractivity contribution in [2.45, 2.75) is 63.0 Å². The molecule has 5 heteroatoms. The number of aliphatic hydroxyl groups is 1. The van der Waals surface area contributed by atoms with Gasteiger partial charge in [0.1, 0.15) is 5.84 Å². The third-order valence-corrected chi connectivity index (χ3v) is 7.12.